The van der Waals surface area contributed by atoms with E-state index in [9.17, 15) is 8.78 Å². The van der Waals surface area contributed by atoms with Crippen molar-refractivity contribution in [3.8, 4) is 0 Å². The average molecular weight is 198 g/mol. The summed E-state index contributed by atoms with van der Waals surface area (Å²) in [5.41, 5.74) is 0.480. The zero-order chi connectivity index (χ0) is 10.1. The Balaban J connectivity index is 2.58. The van der Waals surface area contributed by atoms with E-state index in [2.05, 4.69) is 9.97 Å². The summed E-state index contributed by atoms with van der Waals surface area (Å²) < 4.78 is 30.7. The highest BCUT2D eigenvalue weighted by atomic mass is 19.1. The van der Waals surface area contributed by atoms with Gasteiger partial charge in [0.15, 0.2) is 5.82 Å². The highest BCUT2D eigenvalue weighted by Crippen LogP contribution is 2.17. The zero-order valence-corrected chi connectivity index (χ0v) is 7.47. The van der Waals surface area contributed by atoms with E-state index in [-0.39, 0.29) is 12.1 Å². The van der Waals surface area contributed by atoms with Crippen molar-refractivity contribution in [1.29, 1.82) is 0 Å². The van der Waals surface area contributed by atoms with Crippen LogP contribution in [0.4, 0.5) is 8.78 Å². The summed E-state index contributed by atoms with van der Waals surface area (Å²) in [5.74, 6) is -0.812. The highest BCUT2D eigenvalue weighted by Gasteiger charge is 2.08. The first-order chi connectivity index (χ1) is 6.70. The van der Waals surface area contributed by atoms with Gasteiger partial charge < -0.3 is 9.72 Å². The van der Waals surface area contributed by atoms with Crippen molar-refractivity contribution >= 4 is 11.0 Å². The molecule has 0 aliphatic rings. The second-order valence-corrected chi connectivity index (χ2v) is 2.90. The number of benzene rings is 1. The van der Waals surface area contributed by atoms with Crippen LogP contribution in [-0.4, -0.2) is 17.1 Å². The molecule has 5 heteroatoms. The molecule has 0 radical (unpaired) electrons. The maximum absolute atomic E-state index is 13.1. The van der Waals surface area contributed by atoms with Crippen molar-refractivity contribution < 1.29 is 13.5 Å². The van der Waals surface area contributed by atoms with E-state index in [0.717, 1.165) is 6.07 Å². The first kappa shape index (κ1) is 9.08. The topological polar surface area (TPSA) is 37.9 Å². The van der Waals surface area contributed by atoms with Crippen LogP contribution in [0.2, 0.25) is 0 Å². The maximum atomic E-state index is 13.1. The van der Waals surface area contributed by atoms with Gasteiger partial charge in [-0.3, -0.25) is 0 Å². The Morgan fingerprint density at radius 1 is 1.43 bits per heavy atom. The number of aromatic amines is 1. The monoisotopic (exact) mass is 198 g/mol. The summed E-state index contributed by atoms with van der Waals surface area (Å²) >= 11 is 0. The van der Waals surface area contributed by atoms with Gasteiger partial charge in [0, 0.05) is 13.2 Å². The van der Waals surface area contributed by atoms with Crippen LogP contribution < -0.4 is 0 Å². The quantitative estimate of drug-likeness (QED) is 0.801. The van der Waals surface area contributed by atoms with Crippen LogP contribution in [0.5, 0.6) is 0 Å². The predicted molar refractivity (Wildman–Crippen MR) is 46.7 cm³/mol. The number of imidazole rings is 1. The number of fused-ring (bicyclic) bond motifs is 1. The molecule has 0 fully saturated rings. The Kier molecular flexibility index (Phi) is 2.17. The van der Waals surface area contributed by atoms with Crippen LogP contribution >= 0.6 is 0 Å². The molecule has 74 valence electrons. The molecule has 14 heavy (non-hydrogen) atoms. The number of nitrogens with zero attached hydrogens (tertiary/aromatic N) is 1. The number of hydrogen-bond donors (Lipinski definition) is 1. The number of aromatic nitrogens is 2. The predicted octanol–water partition coefficient (Wildman–Crippen LogP) is 1.99. The number of nitrogens with one attached hydrogen (secondary N) is 1. The minimum atomic E-state index is -0.668. The molecule has 2 rings (SSSR count). The molecule has 0 amide bonds. The van der Waals surface area contributed by atoms with E-state index in [4.69, 9.17) is 4.74 Å². The Hall–Kier alpha value is -1.49. The Morgan fingerprint density at radius 3 is 2.93 bits per heavy atom. The standard InChI is InChI=1S/C9H8F2N2O/c1-14-4-8-12-7-3-5(10)2-6(11)9(7)13-8/h2-3H,4H2,1H3,(H,12,13). The number of hydrogen-bond acceptors (Lipinski definition) is 2. The van der Waals surface area contributed by atoms with Crippen LogP contribution in [0.3, 0.4) is 0 Å². The Labute approximate surface area is 78.7 Å². The van der Waals surface area contributed by atoms with Crippen LogP contribution in [0, 0.1) is 11.6 Å². The third-order valence-corrected chi connectivity index (χ3v) is 1.83. The van der Waals surface area contributed by atoms with Crippen molar-refractivity contribution in [2.45, 2.75) is 6.61 Å². The van der Waals surface area contributed by atoms with Crippen LogP contribution in [0.15, 0.2) is 12.1 Å². The number of ether oxygens (including phenoxy) is 1. The lowest BCUT2D eigenvalue weighted by Gasteiger charge is -1.90. The van der Waals surface area contributed by atoms with Crippen molar-refractivity contribution in [3.05, 3.63) is 29.6 Å². The van der Waals surface area contributed by atoms with Crippen molar-refractivity contribution in [1.82, 2.24) is 9.97 Å². The third-order valence-electron chi connectivity index (χ3n) is 1.83. The van der Waals surface area contributed by atoms with Gasteiger partial charge in [0.05, 0.1) is 5.52 Å². The summed E-state index contributed by atoms with van der Waals surface area (Å²) in [6.07, 6.45) is 0. The van der Waals surface area contributed by atoms with Gasteiger partial charge in [0.2, 0.25) is 0 Å². The largest absolute Gasteiger partial charge is 0.377 e. The third kappa shape index (κ3) is 1.46. The fourth-order valence-corrected chi connectivity index (χ4v) is 1.30. The van der Waals surface area contributed by atoms with Crippen molar-refractivity contribution in [2.24, 2.45) is 0 Å². The molecule has 0 saturated heterocycles. The molecule has 0 atom stereocenters. The fraction of sp³-hybridized carbons (Fsp3) is 0.222. The Bertz CT molecular complexity index is 467. The van der Waals surface area contributed by atoms with Gasteiger partial charge in [0.1, 0.15) is 23.8 Å². The van der Waals surface area contributed by atoms with Gasteiger partial charge in [-0.25, -0.2) is 13.8 Å². The van der Waals surface area contributed by atoms with Crippen molar-refractivity contribution in [2.75, 3.05) is 7.11 Å². The van der Waals surface area contributed by atoms with Gasteiger partial charge in [-0.05, 0) is 6.07 Å². The molecular weight excluding hydrogens is 190 g/mol. The molecular formula is C9H8F2N2O. The fourth-order valence-electron chi connectivity index (χ4n) is 1.30. The molecule has 0 unspecified atom stereocenters. The van der Waals surface area contributed by atoms with Gasteiger partial charge in [-0.15, -0.1) is 0 Å². The minimum absolute atomic E-state index is 0.137. The SMILES string of the molecule is COCc1nc2c(F)cc(F)cc2[nH]1. The molecule has 2 aromatic rings. The summed E-state index contributed by atoms with van der Waals surface area (Å²) in [7, 11) is 1.50. The molecule has 1 aromatic carbocycles. The van der Waals surface area contributed by atoms with Gasteiger partial charge >= 0.3 is 0 Å². The molecule has 1 N–H and O–H groups in total. The lowest BCUT2D eigenvalue weighted by molar-refractivity contribution is 0.179. The average Bonchev–Trinajstić information content (AvgIpc) is 2.48. The van der Waals surface area contributed by atoms with Crippen LogP contribution in [-0.2, 0) is 11.3 Å². The summed E-state index contributed by atoms with van der Waals surface area (Å²) in [5, 5.41) is 0. The summed E-state index contributed by atoms with van der Waals surface area (Å²) in [6.45, 7) is 0.246. The van der Waals surface area contributed by atoms with E-state index in [1.807, 2.05) is 0 Å². The smallest absolute Gasteiger partial charge is 0.153 e. The van der Waals surface area contributed by atoms with Crippen LogP contribution in [0.25, 0.3) is 11.0 Å². The molecule has 0 aliphatic heterocycles. The molecule has 3 nitrogen and oxygen atoms in total. The van der Waals surface area contributed by atoms with Gasteiger partial charge in [-0.2, -0.15) is 0 Å². The van der Waals surface area contributed by atoms with E-state index < -0.39 is 11.6 Å². The number of methoxy groups -OCH3 is 1. The number of rotatable bonds is 2. The second-order valence-electron chi connectivity index (χ2n) is 2.90. The van der Waals surface area contributed by atoms with E-state index in [1.165, 1.54) is 13.2 Å². The molecule has 1 aromatic heterocycles. The summed E-state index contributed by atoms with van der Waals surface area (Å²) in [6, 6.07) is 2.00. The first-order valence-corrected chi connectivity index (χ1v) is 4.03. The molecule has 1 heterocycles. The highest BCUT2D eigenvalue weighted by molar-refractivity contribution is 5.75. The number of H-pyrrole nitrogens is 1. The summed E-state index contributed by atoms with van der Waals surface area (Å²) in [4.78, 5) is 6.68. The van der Waals surface area contributed by atoms with Crippen LogP contribution in [0.1, 0.15) is 5.82 Å². The lowest BCUT2D eigenvalue weighted by Crippen LogP contribution is -1.88. The number of halogens is 2. The lowest BCUT2D eigenvalue weighted by atomic mass is 10.3. The van der Waals surface area contributed by atoms with E-state index in [1.54, 1.807) is 0 Å². The second kappa shape index (κ2) is 3.34. The first-order valence-electron chi connectivity index (χ1n) is 4.03. The van der Waals surface area contributed by atoms with Gasteiger partial charge in [-0.1, -0.05) is 0 Å². The molecule has 0 spiro atoms. The van der Waals surface area contributed by atoms with Gasteiger partial charge in [0.25, 0.3) is 0 Å². The molecule has 0 saturated carbocycles. The van der Waals surface area contributed by atoms with E-state index >= 15 is 0 Å². The Morgan fingerprint density at radius 2 is 2.21 bits per heavy atom. The maximum Gasteiger partial charge on any atom is 0.153 e. The van der Waals surface area contributed by atoms with Crippen molar-refractivity contribution in [3.63, 3.8) is 0 Å². The minimum Gasteiger partial charge on any atom is -0.377 e. The normalized spacial score (nSPS) is 11.1. The zero-order valence-electron chi connectivity index (χ0n) is 7.47. The molecule has 0 aliphatic carbocycles. The molecule has 0 bridgehead atoms. The van der Waals surface area contributed by atoms with E-state index in [0.29, 0.717) is 11.3 Å².